The maximum atomic E-state index is 3.61. The predicted molar refractivity (Wildman–Crippen MR) is 53.8 cm³/mol. The Balaban J connectivity index is 1.90. The lowest BCUT2D eigenvalue weighted by Gasteiger charge is -2.56. The van der Waals surface area contributed by atoms with Gasteiger partial charge in [-0.1, -0.05) is 15.9 Å². The summed E-state index contributed by atoms with van der Waals surface area (Å²) in [7, 11) is 0. The molecule has 1 radical (unpaired) electrons. The lowest BCUT2D eigenvalue weighted by atomic mass is 9.50. The summed E-state index contributed by atoms with van der Waals surface area (Å²) in [5.74, 6) is 3.26. The third kappa shape index (κ3) is 1.01. The molecule has 0 nitrogen and oxygen atoms in total. The summed E-state index contributed by atoms with van der Waals surface area (Å²) in [6.07, 6.45) is 9.14. The molecule has 0 aromatic rings. The minimum atomic E-state index is 0.634. The van der Waals surface area contributed by atoms with E-state index in [4.69, 9.17) is 0 Å². The van der Waals surface area contributed by atoms with Gasteiger partial charge in [-0.3, -0.25) is 0 Å². The first-order valence-corrected chi connectivity index (χ1v) is 6.16. The SMILES string of the molecule is Br[CH]C12CC3CC(CC(C3)C1)C2. The molecule has 4 aliphatic rings. The number of hydrogen-bond donors (Lipinski definition) is 0. The molecule has 0 saturated heterocycles. The van der Waals surface area contributed by atoms with Crippen LogP contribution in [0, 0.1) is 28.5 Å². The van der Waals surface area contributed by atoms with Gasteiger partial charge in [0, 0.05) is 5.33 Å². The van der Waals surface area contributed by atoms with Crippen molar-refractivity contribution in [1.29, 1.82) is 0 Å². The van der Waals surface area contributed by atoms with Crippen LogP contribution in [0.5, 0.6) is 0 Å². The van der Waals surface area contributed by atoms with Gasteiger partial charge in [0.1, 0.15) is 0 Å². The van der Waals surface area contributed by atoms with Gasteiger partial charge >= 0.3 is 0 Å². The number of hydrogen-bond acceptors (Lipinski definition) is 0. The van der Waals surface area contributed by atoms with Crippen molar-refractivity contribution in [1.82, 2.24) is 0 Å². The molecule has 0 unspecified atom stereocenters. The van der Waals surface area contributed by atoms with E-state index in [-0.39, 0.29) is 0 Å². The van der Waals surface area contributed by atoms with Gasteiger partial charge in [-0.05, 0) is 61.7 Å². The summed E-state index contributed by atoms with van der Waals surface area (Å²) in [5.41, 5.74) is 0.634. The van der Waals surface area contributed by atoms with Crippen molar-refractivity contribution in [3.8, 4) is 0 Å². The van der Waals surface area contributed by atoms with Gasteiger partial charge in [-0.2, -0.15) is 0 Å². The Labute approximate surface area is 83.2 Å². The molecule has 0 atom stereocenters. The van der Waals surface area contributed by atoms with Crippen LogP contribution >= 0.6 is 15.9 Å². The maximum Gasteiger partial charge on any atom is 0.0333 e. The standard InChI is InChI=1S/C11H16Br/c12-7-11-4-8-1-9(5-11)3-10(2-8)6-11/h7-10H,1-6H2. The Morgan fingerprint density at radius 3 is 1.67 bits per heavy atom. The van der Waals surface area contributed by atoms with Gasteiger partial charge in [0.05, 0.1) is 0 Å². The van der Waals surface area contributed by atoms with Gasteiger partial charge in [-0.25, -0.2) is 0 Å². The number of halogens is 1. The summed E-state index contributed by atoms with van der Waals surface area (Å²) in [4.78, 5) is 0. The van der Waals surface area contributed by atoms with Crippen LogP contribution < -0.4 is 0 Å². The summed E-state index contributed by atoms with van der Waals surface area (Å²) in [6, 6.07) is 0. The topological polar surface area (TPSA) is 0 Å². The molecule has 0 amide bonds. The highest BCUT2D eigenvalue weighted by molar-refractivity contribution is 9.10. The van der Waals surface area contributed by atoms with Crippen LogP contribution in [0.15, 0.2) is 0 Å². The Morgan fingerprint density at radius 1 is 0.917 bits per heavy atom. The van der Waals surface area contributed by atoms with E-state index in [9.17, 15) is 0 Å². The van der Waals surface area contributed by atoms with E-state index in [0.717, 1.165) is 17.8 Å². The van der Waals surface area contributed by atoms with Crippen molar-refractivity contribution in [3.63, 3.8) is 0 Å². The second-order valence-electron chi connectivity index (χ2n) is 5.39. The summed E-state index contributed by atoms with van der Waals surface area (Å²) >= 11 is 3.61. The molecule has 4 bridgehead atoms. The van der Waals surface area contributed by atoms with E-state index in [0.29, 0.717) is 5.41 Å². The molecule has 0 aliphatic heterocycles. The van der Waals surface area contributed by atoms with E-state index in [1.165, 1.54) is 19.3 Å². The lowest BCUT2D eigenvalue weighted by Crippen LogP contribution is -2.45. The second kappa shape index (κ2) is 2.50. The highest BCUT2D eigenvalue weighted by Crippen LogP contribution is 2.61. The summed E-state index contributed by atoms with van der Waals surface area (Å²) < 4.78 is 0. The first kappa shape index (κ1) is 7.84. The molecule has 0 N–H and O–H groups in total. The van der Waals surface area contributed by atoms with Gasteiger partial charge in [0.15, 0.2) is 0 Å². The molecule has 0 heterocycles. The minimum Gasteiger partial charge on any atom is -0.0872 e. The van der Waals surface area contributed by atoms with Crippen LogP contribution in [-0.4, -0.2) is 0 Å². The zero-order valence-corrected chi connectivity index (χ0v) is 9.02. The Hall–Kier alpha value is 0.480. The van der Waals surface area contributed by atoms with Crippen molar-refractivity contribution >= 4 is 15.9 Å². The molecule has 67 valence electrons. The third-order valence-electron chi connectivity index (χ3n) is 4.32. The molecule has 1 heteroatoms. The smallest absolute Gasteiger partial charge is 0.0333 e. The van der Waals surface area contributed by atoms with Crippen LogP contribution in [0.1, 0.15) is 38.5 Å². The molecule has 0 spiro atoms. The van der Waals surface area contributed by atoms with E-state index in [1.807, 2.05) is 0 Å². The third-order valence-corrected chi connectivity index (χ3v) is 5.29. The average molecular weight is 228 g/mol. The predicted octanol–water partition coefficient (Wildman–Crippen LogP) is 3.76. The summed E-state index contributed by atoms with van der Waals surface area (Å²) in [6.45, 7) is 0. The minimum absolute atomic E-state index is 0.634. The van der Waals surface area contributed by atoms with E-state index in [2.05, 4.69) is 21.3 Å². The zero-order valence-electron chi connectivity index (χ0n) is 7.43. The monoisotopic (exact) mass is 227 g/mol. The zero-order chi connectivity index (χ0) is 8.18. The highest BCUT2D eigenvalue weighted by Gasteiger charge is 2.50. The van der Waals surface area contributed by atoms with Crippen molar-refractivity contribution in [3.05, 3.63) is 5.33 Å². The number of rotatable bonds is 1. The van der Waals surface area contributed by atoms with E-state index >= 15 is 0 Å². The molecular formula is C11H16Br. The molecule has 12 heavy (non-hydrogen) atoms. The van der Waals surface area contributed by atoms with Crippen LogP contribution in [0.3, 0.4) is 0 Å². The second-order valence-corrected chi connectivity index (χ2v) is 5.85. The maximum absolute atomic E-state index is 3.61. The Morgan fingerprint density at radius 2 is 1.33 bits per heavy atom. The fourth-order valence-corrected chi connectivity index (χ4v) is 4.87. The molecule has 4 fully saturated rings. The van der Waals surface area contributed by atoms with Crippen molar-refractivity contribution < 1.29 is 0 Å². The molecule has 0 aromatic carbocycles. The van der Waals surface area contributed by atoms with Crippen molar-refractivity contribution in [2.45, 2.75) is 38.5 Å². The van der Waals surface area contributed by atoms with Gasteiger partial charge < -0.3 is 0 Å². The van der Waals surface area contributed by atoms with Gasteiger partial charge in [-0.15, -0.1) is 0 Å². The van der Waals surface area contributed by atoms with Gasteiger partial charge in [0.2, 0.25) is 0 Å². The largest absolute Gasteiger partial charge is 0.0872 e. The van der Waals surface area contributed by atoms with Gasteiger partial charge in [0.25, 0.3) is 0 Å². The quantitative estimate of drug-likeness (QED) is 0.641. The molecule has 4 rings (SSSR count). The Kier molecular flexibility index (Phi) is 1.63. The summed E-state index contributed by atoms with van der Waals surface area (Å²) in [5, 5.41) is 2.35. The average Bonchev–Trinajstić information content (AvgIpc) is 2.02. The normalized spacial score (nSPS) is 56.2. The van der Waals surface area contributed by atoms with Crippen LogP contribution in [0.25, 0.3) is 0 Å². The fourth-order valence-electron chi connectivity index (χ4n) is 4.31. The van der Waals surface area contributed by atoms with Crippen LogP contribution in [-0.2, 0) is 0 Å². The van der Waals surface area contributed by atoms with E-state index < -0.39 is 0 Å². The molecule has 4 aliphatic carbocycles. The van der Waals surface area contributed by atoms with Crippen LogP contribution in [0.4, 0.5) is 0 Å². The Bertz CT molecular complexity index is 162. The molecular weight excluding hydrogens is 212 g/mol. The first-order chi connectivity index (χ1) is 5.80. The van der Waals surface area contributed by atoms with Crippen LogP contribution in [0.2, 0.25) is 0 Å². The highest BCUT2D eigenvalue weighted by atomic mass is 79.9. The molecule has 0 aromatic heterocycles. The lowest BCUT2D eigenvalue weighted by molar-refractivity contribution is -0.0273. The first-order valence-electron chi connectivity index (χ1n) is 5.24. The van der Waals surface area contributed by atoms with Crippen molar-refractivity contribution in [2.75, 3.05) is 0 Å². The van der Waals surface area contributed by atoms with Crippen molar-refractivity contribution in [2.24, 2.45) is 23.2 Å². The van der Waals surface area contributed by atoms with E-state index in [1.54, 1.807) is 19.3 Å². The fraction of sp³-hybridized carbons (Fsp3) is 0.909. The molecule has 4 saturated carbocycles.